The van der Waals surface area contributed by atoms with Gasteiger partial charge in [-0.05, 0) is 126 Å². The minimum atomic E-state index is -2.07. The van der Waals surface area contributed by atoms with Gasteiger partial charge in [0.1, 0.15) is 39.4 Å². The lowest BCUT2D eigenvalue weighted by molar-refractivity contribution is -0.686. The molecule has 0 radical (unpaired) electrons. The predicted octanol–water partition coefficient (Wildman–Crippen LogP) is 18.3. The van der Waals surface area contributed by atoms with E-state index < -0.39 is 32.3 Å². The standard InChI is InChI=1S/C82H124N2O4Si4/c1-55(2)89(56(3)4,57(5)6)77-43-75(44-78(47-77)90(58(7)8,59(9)10)60(11)12)81(85)87-53-73-39-35-71(36-40-73)51-83-49-69-31-27-67(28-32-69)25-26-68-29-33-70(34-30-68)50-84-52-72-37-41-74(42-38-72)54-88-82(86)76-45-79(91(61(13)14,62(15)16)63(17)18)48-80(46-76)92(64(19)20,65(21)22)66(23)24/h27-48,55-66,83-84H,25-26,49-54H2,1-24H3/p+2. The number of carbonyl (C=O) groups excluding carboxylic acids is 2. The maximum Gasteiger partial charge on any atom is 0.338 e. The Bertz CT molecular complexity index is 2880. The largest absolute Gasteiger partial charge is 0.457 e. The highest BCUT2D eigenvalue weighted by Gasteiger charge is 2.50. The van der Waals surface area contributed by atoms with Crippen molar-refractivity contribution in [2.45, 2.75) is 285 Å². The Balaban J connectivity index is 0.966. The summed E-state index contributed by atoms with van der Waals surface area (Å²) in [4.78, 5) is 28.5. The van der Waals surface area contributed by atoms with Crippen molar-refractivity contribution in [1.82, 2.24) is 0 Å². The lowest BCUT2D eigenvalue weighted by atomic mass is 10.0. The Morgan fingerprint density at radius 3 is 0.630 bits per heavy atom. The minimum Gasteiger partial charge on any atom is -0.457 e. The third kappa shape index (κ3) is 16.6. The molecule has 0 saturated heterocycles. The highest BCUT2D eigenvalue weighted by Crippen LogP contribution is 2.46. The molecule has 0 aliphatic rings. The molecule has 10 heteroatoms. The van der Waals surface area contributed by atoms with Crippen LogP contribution in [0.1, 0.15) is 231 Å². The van der Waals surface area contributed by atoms with Crippen LogP contribution in [-0.4, -0.2) is 44.2 Å². The Morgan fingerprint density at radius 2 is 0.446 bits per heavy atom. The molecule has 0 heterocycles. The monoisotopic (exact) mass is 1310 g/mol. The smallest absolute Gasteiger partial charge is 0.338 e. The molecule has 0 amide bonds. The lowest BCUT2D eigenvalue weighted by Gasteiger charge is -2.47. The Kier molecular flexibility index (Phi) is 27.4. The topological polar surface area (TPSA) is 85.8 Å². The fourth-order valence-electron chi connectivity index (χ4n) is 19.3. The molecule has 0 aromatic heterocycles. The van der Waals surface area contributed by atoms with Crippen molar-refractivity contribution in [3.05, 3.63) is 189 Å². The third-order valence-electron chi connectivity index (χ3n) is 22.9. The van der Waals surface area contributed by atoms with E-state index >= 15 is 0 Å². The van der Waals surface area contributed by atoms with Crippen LogP contribution < -0.4 is 31.4 Å². The molecule has 0 saturated carbocycles. The molecule has 6 aromatic rings. The maximum atomic E-state index is 14.3. The normalized spacial score (nSPS) is 13.0. The van der Waals surface area contributed by atoms with Crippen LogP contribution in [0.4, 0.5) is 0 Å². The summed E-state index contributed by atoms with van der Waals surface area (Å²) in [6.45, 7) is 62.2. The number of rotatable bonds is 33. The quantitative estimate of drug-likeness (QED) is 0.0318. The summed E-state index contributed by atoms with van der Waals surface area (Å²) in [5, 5.41) is 10.5. The minimum absolute atomic E-state index is 0.209. The summed E-state index contributed by atoms with van der Waals surface area (Å²) >= 11 is 0. The average Bonchev–Trinajstić information content (AvgIpc) is 0.747. The number of nitrogens with two attached hydrogens (primary N) is 2. The number of carbonyl (C=O) groups is 2. The van der Waals surface area contributed by atoms with Gasteiger partial charge in [-0.3, -0.25) is 0 Å². The first kappa shape index (κ1) is 76.1. The zero-order chi connectivity index (χ0) is 68.2. The second-order valence-corrected chi connectivity index (χ2v) is 55.1. The van der Waals surface area contributed by atoms with Crippen LogP contribution >= 0.6 is 0 Å². The van der Waals surface area contributed by atoms with Gasteiger partial charge in [0.25, 0.3) is 0 Å². The van der Waals surface area contributed by atoms with Crippen LogP contribution in [0.15, 0.2) is 133 Å². The molecule has 0 fully saturated rings. The first-order valence-corrected chi connectivity index (χ1v) is 44.9. The summed E-state index contributed by atoms with van der Waals surface area (Å²) in [6, 6.07) is 49.7. The van der Waals surface area contributed by atoms with Crippen molar-refractivity contribution >= 4 is 65.0 Å². The van der Waals surface area contributed by atoms with E-state index in [4.69, 9.17) is 9.47 Å². The summed E-state index contributed by atoms with van der Waals surface area (Å²) in [5.74, 6) is -0.417. The van der Waals surface area contributed by atoms with Gasteiger partial charge in [0, 0.05) is 22.3 Å². The number of aryl methyl sites for hydroxylation is 2. The number of hydrogen-bond donors (Lipinski definition) is 2. The first-order valence-electron chi connectivity index (χ1n) is 35.9. The van der Waals surface area contributed by atoms with Gasteiger partial charge in [-0.15, -0.1) is 0 Å². The van der Waals surface area contributed by atoms with Crippen molar-refractivity contribution in [2.24, 2.45) is 0 Å². The van der Waals surface area contributed by atoms with E-state index in [0.29, 0.717) is 66.5 Å². The Labute approximate surface area is 565 Å². The molecule has 502 valence electrons. The molecule has 0 spiro atoms. The second-order valence-electron chi connectivity index (χ2n) is 31.5. The van der Waals surface area contributed by atoms with Crippen LogP contribution in [0.2, 0.25) is 66.5 Å². The maximum absolute atomic E-state index is 14.3. The number of benzene rings is 6. The fraction of sp³-hybridized carbons (Fsp3) is 0.537. The van der Waals surface area contributed by atoms with E-state index in [2.05, 4.69) is 310 Å². The molecule has 0 aliphatic heterocycles. The Morgan fingerprint density at radius 1 is 0.272 bits per heavy atom. The molecule has 6 aromatic carbocycles. The van der Waals surface area contributed by atoms with Crippen molar-refractivity contribution in [3.63, 3.8) is 0 Å². The molecule has 4 N–H and O–H groups in total. The molecular formula is C82H126N2O4Si4+2. The molecule has 0 bridgehead atoms. The number of esters is 2. The van der Waals surface area contributed by atoms with Gasteiger partial charge in [0.05, 0.1) is 43.4 Å². The highest BCUT2D eigenvalue weighted by atomic mass is 28.3. The highest BCUT2D eigenvalue weighted by molar-refractivity contribution is 6.99. The van der Waals surface area contributed by atoms with E-state index in [9.17, 15) is 9.59 Å². The van der Waals surface area contributed by atoms with Crippen molar-refractivity contribution in [2.75, 3.05) is 0 Å². The van der Waals surface area contributed by atoms with Crippen molar-refractivity contribution in [1.29, 1.82) is 0 Å². The van der Waals surface area contributed by atoms with Crippen LogP contribution in [-0.2, 0) is 61.7 Å². The number of quaternary nitrogens is 2. The molecule has 6 nitrogen and oxygen atoms in total. The number of ether oxygens (including phenoxy) is 2. The number of hydrogen-bond acceptors (Lipinski definition) is 4. The van der Waals surface area contributed by atoms with Crippen LogP contribution in [0.5, 0.6) is 0 Å². The SMILES string of the molecule is CC(C)[Si](c1cc(C(=O)OCc2ccc(C[NH2+]Cc3ccc(CCc4ccc(C[NH2+]Cc5ccc(COC(=O)c6cc([Si](C(C)C)(C(C)C)C(C)C)cc([Si](C(C)C)(C(C)C)C(C)C)c6)cc5)cc4)cc3)cc2)cc([Si](C(C)C)(C(C)C)C(C)C)c1)(C(C)C)C(C)C. The van der Waals surface area contributed by atoms with Crippen molar-refractivity contribution in [3.8, 4) is 0 Å². The van der Waals surface area contributed by atoms with Crippen LogP contribution in [0.25, 0.3) is 0 Å². The van der Waals surface area contributed by atoms with Crippen LogP contribution in [0.3, 0.4) is 0 Å². The molecular weight excluding hydrogens is 1190 g/mol. The van der Waals surface area contributed by atoms with Gasteiger partial charge in [-0.2, -0.15) is 0 Å². The molecule has 0 atom stereocenters. The van der Waals surface area contributed by atoms with E-state index in [1.165, 1.54) is 54.1 Å². The van der Waals surface area contributed by atoms with Gasteiger partial charge >= 0.3 is 11.9 Å². The zero-order valence-electron chi connectivity index (χ0n) is 62.1. The molecule has 0 unspecified atom stereocenters. The van der Waals surface area contributed by atoms with Crippen molar-refractivity contribution < 1.29 is 29.7 Å². The molecule has 0 aliphatic carbocycles. The summed E-state index contributed by atoms with van der Waals surface area (Å²) in [5.41, 5.74) is 17.8. The summed E-state index contributed by atoms with van der Waals surface area (Å²) in [7, 11) is -8.27. The van der Waals surface area contributed by atoms with Gasteiger partial charge < -0.3 is 20.1 Å². The summed E-state index contributed by atoms with van der Waals surface area (Å²) < 4.78 is 12.4. The molecule has 92 heavy (non-hydrogen) atoms. The van der Waals surface area contributed by atoms with E-state index in [1.54, 1.807) is 0 Å². The first-order chi connectivity index (χ1) is 43.3. The van der Waals surface area contributed by atoms with E-state index in [-0.39, 0.29) is 25.2 Å². The van der Waals surface area contributed by atoms with Gasteiger partial charge in [0.2, 0.25) is 0 Å². The summed E-state index contributed by atoms with van der Waals surface area (Å²) in [6.07, 6.45) is 2.02. The lowest BCUT2D eigenvalue weighted by Crippen LogP contribution is -2.80. The third-order valence-corrected chi connectivity index (χ3v) is 50.9. The second kappa shape index (κ2) is 33.1. The van der Waals surface area contributed by atoms with E-state index in [0.717, 1.165) is 61.3 Å². The predicted molar refractivity (Wildman–Crippen MR) is 406 cm³/mol. The van der Waals surface area contributed by atoms with Gasteiger partial charge in [-0.1, -0.05) is 296 Å². The zero-order valence-corrected chi connectivity index (χ0v) is 66.1. The van der Waals surface area contributed by atoms with Gasteiger partial charge in [0.15, 0.2) is 0 Å². The average molecular weight is 1320 g/mol. The molecule has 6 rings (SSSR count). The Hall–Kier alpha value is -4.95. The van der Waals surface area contributed by atoms with Gasteiger partial charge in [-0.25, -0.2) is 9.59 Å². The van der Waals surface area contributed by atoms with Crippen LogP contribution in [0, 0.1) is 0 Å². The van der Waals surface area contributed by atoms with E-state index in [1.807, 2.05) is 0 Å². The fourth-order valence-corrected chi connectivity index (χ4v) is 46.8.